The van der Waals surface area contributed by atoms with E-state index < -0.39 is 5.97 Å². The summed E-state index contributed by atoms with van der Waals surface area (Å²) in [4.78, 5) is 19.4. The van der Waals surface area contributed by atoms with E-state index >= 15 is 0 Å². The van der Waals surface area contributed by atoms with Gasteiger partial charge in [0, 0.05) is 10.9 Å². The molecule has 0 amide bonds. The monoisotopic (exact) mass is 332 g/mol. The number of rotatable bonds is 4. The molecule has 0 spiro atoms. The summed E-state index contributed by atoms with van der Waals surface area (Å²) in [5.74, 6) is -1.26. The van der Waals surface area contributed by atoms with E-state index in [1.165, 1.54) is 29.7 Å². The van der Waals surface area contributed by atoms with Crippen molar-refractivity contribution in [3.8, 4) is 10.6 Å². The molecular weight excluding hydrogens is 323 g/mol. The molecule has 0 fully saturated rings. The van der Waals surface area contributed by atoms with Crippen LogP contribution < -0.4 is 0 Å². The molecule has 1 N–H and O–H groups in total. The first kappa shape index (κ1) is 14.6. The number of carbonyl (C=O) groups is 1. The molecular formula is C15H9FN2O2S2. The molecule has 0 saturated carbocycles. The molecule has 110 valence electrons. The van der Waals surface area contributed by atoms with Crippen molar-refractivity contribution in [2.24, 2.45) is 0 Å². The summed E-state index contributed by atoms with van der Waals surface area (Å²) in [5, 5.41) is 12.1. The number of hydrogen-bond acceptors (Lipinski definition) is 5. The average molecular weight is 332 g/mol. The van der Waals surface area contributed by atoms with Gasteiger partial charge in [-0.15, -0.1) is 22.7 Å². The van der Waals surface area contributed by atoms with Crippen LogP contribution in [0.3, 0.4) is 0 Å². The van der Waals surface area contributed by atoms with E-state index in [2.05, 4.69) is 9.97 Å². The number of carboxylic acids is 1. The smallest absolute Gasteiger partial charge is 0.347 e. The molecule has 22 heavy (non-hydrogen) atoms. The standard InChI is InChI=1S/C15H9FN2O2S2/c16-10-3-1-9(2-4-10)14-18-11(8-21-14)5-6-13-17-7-12(22-13)15(19)20/h1-8H,(H,19,20). The van der Waals surface area contributed by atoms with E-state index in [0.29, 0.717) is 5.01 Å². The fraction of sp³-hybridized carbons (Fsp3) is 0. The van der Waals surface area contributed by atoms with Crippen LogP contribution in [0.4, 0.5) is 4.39 Å². The third-order valence-electron chi connectivity index (χ3n) is 2.74. The molecule has 2 heterocycles. The Hall–Kier alpha value is -2.38. The van der Waals surface area contributed by atoms with Gasteiger partial charge in [0.15, 0.2) is 0 Å². The van der Waals surface area contributed by atoms with Crippen LogP contribution >= 0.6 is 22.7 Å². The maximum Gasteiger partial charge on any atom is 0.347 e. The molecule has 0 aliphatic carbocycles. The molecule has 0 bridgehead atoms. The molecule has 0 radical (unpaired) electrons. The first-order valence-electron chi connectivity index (χ1n) is 6.20. The molecule has 7 heteroatoms. The van der Waals surface area contributed by atoms with Crippen molar-refractivity contribution in [1.29, 1.82) is 0 Å². The van der Waals surface area contributed by atoms with Gasteiger partial charge in [-0.1, -0.05) is 0 Å². The summed E-state index contributed by atoms with van der Waals surface area (Å²) < 4.78 is 12.9. The lowest BCUT2D eigenvalue weighted by Crippen LogP contribution is -1.89. The highest BCUT2D eigenvalue weighted by Crippen LogP contribution is 2.25. The molecule has 3 aromatic rings. The summed E-state index contributed by atoms with van der Waals surface area (Å²) in [5.41, 5.74) is 1.60. The van der Waals surface area contributed by atoms with E-state index in [1.54, 1.807) is 24.3 Å². The van der Waals surface area contributed by atoms with Crippen LogP contribution in [0.15, 0.2) is 35.8 Å². The largest absolute Gasteiger partial charge is 0.477 e. The van der Waals surface area contributed by atoms with Crippen molar-refractivity contribution < 1.29 is 14.3 Å². The summed E-state index contributed by atoms with van der Waals surface area (Å²) in [6.07, 6.45) is 4.83. The number of aromatic nitrogens is 2. The highest BCUT2D eigenvalue weighted by Gasteiger charge is 2.07. The molecule has 0 aliphatic heterocycles. The van der Waals surface area contributed by atoms with Gasteiger partial charge in [-0.3, -0.25) is 0 Å². The van der Waals surface area contributed by atoms with Crippen molar-refractivity contribution in [2.75, 3.05) is 0 Å². The predicted molar refractivity (Wildman–Crippen MR) is 85.5 cm³/mol. The van der Waals surface area contributed by atoms with Crippen molar-refractivity contribution >= 4 is 40.8 Å². The van der Waals surface area contributed by atoms with Crippen LogP contribution in [-0.2, 0) is 0 Å². The minimum Gasteiger partial charge on any atom is -0.477 e. The minimum absolute atomic E-state index is 0.199. The number of halogens is 1. The second-order valence-corrected chi connectivity index (χ2v) is 6.21. The van der Waals surface area contributed by atoms with E-state index in [-0.39, 0.29) is 10.7 Å². The molecule has 1 aromatic carbocycles. The van der Waals surface area contributed by atoms with Gasteiger partial charge in [-0.25, -0.2) is 19.2 Å². The average Bonchev–Trinajstić information content (AvgIpc) is 3.15. The molecule has 0 unspecified atom stereocenters. The predicted octanol–water partition coefficient (Wildman–Crippen LogP) is 4.27. The van der Waals surface area contributed by atoms with Gasteiger partial charge < -0.3 is 5.11 Å². The summed E-state index contributed by atoms with van der Waals surface area (Å²) >= 11 is 2.56. The third-order valence-corrected chi connectivity index (χ3v) is 4.60. The van der Waals surface area contributed by atoms with Crippen LogP contribution in [0, 0.1) is 5.82 Å². The summed E-state index contributed by atoms with van der Waals surface area (Å²) in [6, 6.07) is 6.16. The number of hydrogen-bond donors (Lipinski definition) is 1. The SMILES string of the molecule is O=C(O)c1cnc(C=Cc2csc(-c3ccc(F)cc3)n2)s1. The Balaban J connectivity index is 1.77. The summed E-state index contributed by atoms with van der Waals surface area (Å²) in [7, 11) is 0. The van der Waals surface area contributed by atoms with Gasteiger partial charge in [0.1, 0.15) is 20.7 Å². The second kappa shape index (κ2) is 6.17. The Labute approximate surface area is 133 Å². The van der Waals surface area contributed by atoms with E-state index in [1.807, 2.05) is 5.38 Å². The molecule has 3 rings (SSSR count). The highest BCUT2D eigenvalue weighted by molar-refractivity contribution is 7.14. The Kier molecular flexibility index (Phi) is 4.08. The number of thiazole rings is 2. The van der Waals surface area contributed by atoms with Gasteiger partial charge in [-0.05, 0) is 36.4 Å². The van der Waals surface area contributed by atoms with E-state index in [4.69, 9.17) is 5.11 Å². The number of aromatic carboxylic acids is 1. The zero-order chi connectivity index (χ0) is 15.5. The summed E-state index contributed by atoms with van der Waals surface area (Å²) in [6.45, 7) is 0. The Morgan fingerprint density at radius 3 is 2.68 bits per heavy atom. The molecule has 0 atom stereocenters. The van der Waals surface area contributed by atoms with Gasteiger partial charge in [0.25, 0.3) is 0 Å². The number of benzene rings is 1. The second-order valence-electron chi connectivity index (χ2n) is 4.29. The van der Waals surface area contributed by atoms with Crippen LogP contribution in [-0.4, -0.2) is 21.0 Å². The lowest BCUT2D eigenvalue weighted by atomic mass is 10.2. The Morgan fingerprint density at radius 2 is 2.00 bits per heavy atom. The van der Waals surface area contributed by atoms with Crippen molar-refractivity contribution in [2.45, 2.75) is 0 Å². The Bertz CT molecular complexity index is 837. The Morgan fingerprint density at radius 1 is 1.23 bits per heavy atom. The van der Waals surface area contributed by atoms with Gasteiger partial charge in [0.05, 0.1) is 11.9 Å². The first-order valence-corrected chi connectivity index (χ1v) is 7.90. The van der Waals surface area contributed by atoms with Crippen LogP contribution in [0.25, 0.3) is 22.7 Å². The van der Waals surface area contributed by atoms with Crippen molar-refractivity contribution in [3.63, 3.8) is 0 Å². The van der Waals surface area contributed by atoms with Crippen LogP contribution in [0.2, 0.25) is 0 Å². The maximum absolute atomic E-state index is 12.9. The fourth-order valence-electron chi connectivity index (χ4n) is 1.71. The maximum atomic E-state index is 12.9. The lowest BCUT2D eigenvalue weighted by Gasteiger charge is -1.94. The molecule has 0 saturated heterocycles. The molecule has 0 aliphatic rings. The quantitative estimate of drug-likeness (QED) is 0.775. The lowest BCUT2D eigenvalue weighted by molar-refractivity contribution is 0.0702. The zero-order valence-electron chi connectivity index (χ0n) is 11.1. The normalized spacial score (nSPS) is 11.1. The van der Waals surface area contributed by atoms with Crippen LogP contribution in [0.5, 0.6) is 0 Å². The van der Waals surface area contributed by atoms with Crippen LogP contribution in [0.1, 0.15) is 20.4 Å². The van der Waals surface area contributed by atoms with Crippen molar-refractivity contribution in [1.82, 2.24) is 9.97 Å². The van der Waals surface area contributed by atoms with Gasteiger partial charge in [-0.2, -0.15) is 0 Å². The topological polar surface area (TPSA) is 63.1 Å². The zero-order valence-corrected chi connectivity index (χ0v) is 12.7. The number of carboxylic acid groups (broad SMARTS) is 1. The third kappa shape index (κ3) is 3.26. The first-order chi connectivity index (χ1) is 10.6. The van der Waals surface area contributed by atoms with Gasteiger partial charge >= 0.3 is 5.97 Å². The minimum atomic E-state index is -0.982. The number of nitrogens with zero attached hydrogens (tertiary/aromatic N) is 2. The highest BCUT2D eigenvalue weighted by atomic mass is 32.1. The van der Waals surface area contributed by atoms with E-state index in [9.17, 15) is 9.18 Å². The van der Waals surface area contributed by atoms with Gasteiger partial charge in [0.2, 0.25) is 0 Å². The molecule has 4 nitrogen and oxygen atoms in total. The fourth-order valence-corrected chi connectivity index (χ4v) is 3.16. The van der Waals surface area contributed by atoms with Crippen molar-refractivity contribution in [3.05, 3.63) is 57.2 Å². The van der Waals surface area contributed by atoms with E-state index in [0.717, 1.165) is 27.6 Å². The molecule has 2 aromatic heterocycles.